The summed E-state index contributed by atoms with van der Waals surface area (Å²) in [6.07, 6.45) is 11.3. The van der Waals surface area contributed by atoms with Crippen LogP contribution in [0, 0.1) is 39.4 Å². The Morgan fingerprint density at radius 3 is 2.18 bits per heavy atom. The van der Waals surface area contributed by atoms with Crippen LogP contribution in [0.2, 0.25) is 0 Å². The maximum atomic E-state index is 11.9. The van der Waals surface area contributed by atoms with Crippen LogP contribution >= 0.6 is 0 Å². The Morgan fingerprint density at radius 2 is 1.58 bits per heavy atom. The van der Waals surface area contributed by atoms with E-state index in [-0.39, 0.29) is 40.4 Å². The molecule has 0 amide bonds. The first kappa shape index (κ1) is 29.4. The lowest BCUT2D eigenvalue weighted by molar-refractivity contribution is -0.167. The van der Waals surface area contributed by atoms with E-state index in [1.54, 1.807) is 18.1 Å². The van der Waals surface area contributed by atoms with Gasteiger partial charge in [-0.1, -0.05) is 59.3 Å². The zero-order valence-electron chi connectivity index (χ0n) is 25.8. The van der Waals surface area contributed by atoms with Gasteiger partial charge in [-0.3, -0.25) is 9.59 Å². The van der Waals surface area contributed by atoms with Crippen LogP contribution in [0.4, 0.5) is 0 Å². The van der Waals surface area contributed by atoms with Crippen LogP contribution in [0.1, 0.15) is 127 Å². The number of hydrogen-bond acceptors (Lipinski definition) is 4. The Morgan fingerprint density at radius 1 is 0.895 bits per heavy atom. The number of esters is 2. The molecule has 8 atom stereocenters. The van der Waals surface area contributed by atoms with Crippen molar-refractivity contribution < 1.29 is 19.1 Å². The van der Waals surface area contributed by atoms with Crippen LogP contribution in [0.25, 0.3) is 0 Å². The normalized spacial score (nSPS) is 39.3. The van der Waals surface area contributed by atoms with Gasteiger partial charge in [-0.25, -0.2) is 0 Å². The van der Waals surface area contributed by atoms with Crippen molar-refractivity contribution in [3.8, 4) is 0 Å². The summed E-state index contributed by atoms with van der Waals surface area (Å²) in [5, 5.41) is 0. The van der Waals surface area contributed by atoms with Gasteiger partial charge in [-0.15, -0.1) is 0 Å². The van der Waals surface area contributed by atoms with E-state index in [1.165, 1.54) is 45.4 Å². The summed E-state index contributed by atoms with van der Waals surface area (Å²) >= 11 is 0. The van der Waals surface area contributed by atoms with E-state index in [1.807, 2.05) is 6.92 Å². The predicted molar refractivity (Wildman–Crippen MR) is 153 cm³/mol. The first-order valence-electron chi connectivity index (χ1n) is 15.3. The minimum Gasteiger partial charge on any atom is -0.462 e. The zero-order chi connectivity index (χ0) is 28.3. The molecule has 2 saturated carbocycles. The van der Waals surface area contributed by atoms with E-state index >= 15 is 0 Å². The molecule has 4 aliphatic rings. The van der Waals surface area contributed by atoms with Gasteiger partial charge >= 0.3 is 11.9 Å². The maximum absolute atomic E-state index is 11.9. The van der Waals surface area contributed by atoms with Crippen molar-refractivity contribution in [1.82, 2.24) is 0 Å². The third-order valence-corrected chi connectivity index (χ3v) is 12.5. The molecule has 0 aliphatic heterocycles. The van der Waals surface area contributed by atoms with E-state index in [0.29, 0.717) is 23.2 Å². The van der Waals surface area contributed by atoms with Crippen molar-refractivity contribution >= 4 is 11.9 Å². The van der Waals surface area contributed by atoms with E-state index < -0.39 is 0 Å². The molecular formula is C34H54O4. The van der Waals surface area contributed by atoms with Crippen molar-refractivity contribution in [2.24, 2.45) is 39.4 Å². The van der Waals surface area contributed by atoms with Gasteiger partial charge in [0.05, 0.1) is 0 Å². The minimum atomic E-state index is -0.216. The molecule has 4 rings (SSSR count). The van der Waals surface area contributed by atoms with Gasteiger partial charge in [0.15, 0.2) is 0 Å². The van der Waals surface area contributed by atoms with Crippen LogP contribution < -0.4 is 0 Å². The van der Waals surface area contributed by atoms with Crippen LogP contribution in [0.3, 0.4) is 0 Å². The minimum absolute atomic E-state index is 0.00660. The number of carbonyl (C=O) groups is 2. The largest absolute Gasteiger partial charge is 0.462 e. The van der Waals surface area contributed by atoms with Crippen molar-refractivity contribution in [1.29, 1.82) is 0 Å². The van der Waals surface area contributed by atoms with Gasteiger partial charge in [0.1, 0.15) is 12.2 Å². The molecule has 38 heavy (non-hydrogen) atoms. The lowest BCUT2D eigenvalue weighted by Gasteiger charge is -2.62. The van der Waals surface area contributed by atoms with Crippen LogP contribution in [0.15, 0.2) is 23.3 Å². The second kappa shape index (κ2) is 10.1. The summed E-state index contributed by atoms with van der Waals surface area (Å²) in [6.45, 7) is 24.0. The number of rotatable bonds is 7. The molecule has 0 N–H and O–H groups in total. The van der Waals surface area contributed by atoms with E-state index in [4.69, 9.17) is 9.47 Å². The molecule has 4 nitrogen and oxygen atoms in total. The highest BCUT2D eigenvalue weighted by Crippen LogP contribution is 2.72. The molecule has 0 aromatic rings. The molecule has 0 radical (unpaired) electrons. The molecular weight excluding hydrogens is 472 g/mol. The average molecular weight is 527 g/mol. The second-order valence-corrected chi connectivity index (χ2v) is 14.8. The Bertz CT molecular complexity index is 1010. The lowest BCUT2D eigenvalue weighted by Crippen LogP contribution is -2.55. The molecule has 214 valence electrons. The summed E-state index contributed by atoms with van der Waals surface area (Å²) in [5.74, 6) is 1.47. The molecule has 0 spiro atoms. The molecule has 0 saturated heterocycles. The highest BCUT2D eigenvalue weighted by atomic mass is 16.5. The summed E-state index contributed by atoms with van der Waals surface area (Å²) < 4.78 is 11.5. The molecule has 4 heteroatoms. The Labute approximate surface area is 232 Å². The highest BCUT2D eigenvalue weighted by molar-refractivity contribution is 5.66. The van der Waals surface area contributed by atoms with Gasteiger partial charge in [0, 0.05) is 19.3 Å². The second-order valence-electron chi connectivity index (χ2n) is 14.8. The Kier molecular flexibility index (Phi) is 7.82. The maximum Gasteiger partial charge on any atom is 0.303 e. The number of allylic oxidation sites excluding steroid dienone is 2. The highest BCUT2D eigenvalue weighted by Gasteiger charge is 2.63. The number of fused-ring (bicyclic) bond motifs is 4. The Hall–Kier alpha value is -1.58. The molecule has 0 aromatic carbocycles. The van der Waals surface area contributed by atoms with Crippen molar-refractivity contribution in [3.63, 3.8) is 0 Å². The summed E-state index contributed by atoms with van der Waals surface area (Å²) in [7, 11) is 0. The summed E-state index contributed by atoms with van der Waals surface area (Å²) in [6, 6.07) is 0. The van der Waals surface area contributed by atoms with Crippen LogP contribution in [-0.2, 0) is 19.1 Å². The van der Waals surface area contributed by atoms with Crippen LogP contribution in [-0.4, -0.2) is 24.1 Å². The SMILES string of the molecule is C=C(C)C(CCC(C)C1CCC2(C)C3=C(CCC12C)C1(C)CCC(OC(C)=O)C(C)(C)C1CC3)OC(C)=O. The van der Waals surface area contributed by atoms with E-state index in [9.17, 15) is 9.59 Å². The smallest absolute Gasteiger partial charge is 0.303 e. The quantitative estimate of drug-likeness (QED) is 0.246. The molecule has 8 unspecified atom stereocenters. The van der Waals surface area contributed by atoms with Crippen molar-refractivity contribution in [3.05, 3.63) is 23.3 Å². The predicted octanol–water partition coefficient (Wildman–Crippen LogP) is 8.59. The first-order valence-corrected chi connectivity index (χ1v) is 15.3. The third-order valence-electron chi connectivity index (χ3n) is 12.5. The number of hydrogen-bond donors (Lipinski definition) is 0. The van der Waals surface area contributed by atoms with Gasteiger partial charge in [-0.2, -0.15) is 0 Å². The molecule has 0 aromatic heterocycles. The van der Waals surface area contributed by atoms with Gasteiger partial charge in [-0.05, 0) is 111 Å². The van der Waals surface area contributed by atoms with Gasteiger partial charge in [0.2, 0.25) is 0 Å². The fraction of sp³-hybridized carbons (Fsp3) is 0.824. The van der Waals surface area contributed by atoms with E-state index in [2.05, 4.69) is 48.1 Å². The fourth-order valence-electron chi connectivity index (χ4n) is 10.2. The molecule has 2 fully saturated rings. The van der Waals surface area contributed by atoms with Crippen molar-refractivity contribution in [2.75, 3.05) is 0 Å². The molecule has 0 bridgehead atoms. The average Bonchev–Trinajstić information content (AvgIpc) is 3.09. The summed E-state index contributed by atoms with van der Waals surface area (Å²) in [5.41, 5.74) is 5.27. The van der Waals surface area contributed by atoms with Gasteiger partial charge in [0.25, 0.3) is 0 Å². The number of carbonyl (C=O) groups excluding carboxylic acids is 2. The lowest BCUT2D eigenvalue weighted by atomic mass is 9.43. The topological polar surface area (TPSA) is 52.6 Å². The Balaban J connectivity index is 1.57. The summed E-state index contributed by atoms with van der Waals surface area (Å²) in [4.78, 5) is 23.5. The first-order chi connectivity index (χ1) is 17.6. The van der Waals surface area contributed by atoms with Crippen LogP contribution in [0.5, 0.6) is 0 Å². The van der Waals surface area contributed by atoms with Gasteiger partial charge < -0.3 is 9.47 Å². The third kappa shape index (κ3) is 4.60. The molecule has 4 aliphatic carbocycles. The van der Waals surface area contributed by atoms with Crippen molar-refractivity contribution in [2.45, 2.75) is 139 Å². The number of ether oxygens (including phenoxy) is 2. The standard InChI is InChI=1S/C34H54O4/c1-21(2)28(37-23(4)35)13-11-22(3)25-15-19-34(10)27-12-14-29-31(6,7)30(38-24(5)36)17-18-32(29,8)26(27)16-20-33(25,34)9/h22,25,28-30H,1,11-20H2,2-10H3. The zero-order valence-corrected chi connectivity index (χ0v) is 25.8. The fourth-order valence-corrected chi connectivity index (χ4v) is 10.2. The molecule has 0 heterocycles. The monoisotopic (exact) mass is 526 g/mol. The van der Waals surface area contributed by atoms with E-state index in [0.717, 1.165) is 31.3 Å².